The molecule has 0 saturated carbocycles. The standard InChI is InChI=1S/C8H10Cl2O2/c1-6(9)3-2-4-7(11)5-8(10)12/h2-4,6,11H,5H2,1H3/b3-2-,7-4+/t6-/m0/s1. The normalized spacial score (nSPS) is 15.1. The molecule has 0 bridgehead atoms. The number of carbonyl (C=O) groups excluding carboxylic acids is 1. The predicted molar refractivity (Wildman–Crippen MR) is 50.6 cm³/mol. The molecule has 0 aromatic carbocycles. The van der Waals surface area contributed by atoms with E-state index in [9.17, 15) is 4.79 Å². The molecule has 0 aliphatic heterocycles. The van der Waals surface area contributed by atoms with Gasteiger partial charge in [0.05, 0.1) is 6.42 Å². The molecule has 0 aliphatic rings. The minimum absolute atomic E-state index is 0.0661. The first-order valence-electron chi connectivity index (χ1n) is 3.41. The lowest BCUT2D eigenvalue weighted by Gasteiger charge is -1.91. The average molecular weight is 209 g/mol. The molecule has 0 saturated heterocycles. The molecular weight excluding hydrogens is 199 g/mol. The van der Waals surface area contributed by atoms with E-state index in [-0.39, 0.29) is 17.6 Å². The highest BCUT2D eigenvalue weighted by Gasteiger charge is 1.98. The fourth-order valence-corrected chi connectivity index (χ4v) is 0.742. The Labute approximate surface area is 81.5 Å². The Morgan fingerprint density at radius 3 is 2.67 bits per heavy atom. The van der Waals surface area contributed by atoms with Crippen LogP contribution in [0.1, 0.15) is 13.3 Å². The molecule has 1 atom stereocenters. The molecule has 0 amide bonds. The summed E-state index contributed by atoms with van der Waals surface area (Å²) < 4.78 is 0. The molecule has 1 N–H and O–H groups in total. The van der Waals surface area contributed by atoms with Crippen LogP contribution >= 0.6 is 23.2 Å². The van der Waals surface area contributed by atoms with Gasteiger partial charge in [-0.1, -0.05) is 12.2 Å². The van der Waals surface area contributed by atoms with Crippen molar-refractivity contribution in [1.82, 2.24) is 0 Å². The molecule has 0 aromatic heterocycles. The van der Waals surface area contributed by atoms with Crippen LogP contribution < -0.4 is 0 Å². The number of rotatable bonds is 4. The van der Waals surface area contributed by atoms with Gasteiger partial charge in [0.25, 0.3) is 0 Å². The number of aliphatic hydroxyl groups excluding tert-OH is 1. The van der Waals surface area contributed by atoms with E-state index in [1.54, 1.807) is 19.1 Å². The van der Waals surface area contributed by atoms with Gasteiger partial charge in [-0.15, -0.1) is 11.6 Å². The maximum atomic E-state index is 10.3. The van der Waals surface area contributed by atoms with Crippen LogP contribution in [-0.4, -0.2) is 15.7 Å². The van der Waals surface area contributed by atoms with E-state index in [2.05, 4.69) is 0 Å². The molecule has 0 aliphatic carbocycles. The Kier molecular flexibility index (Phi) is 5.85. The van der Waals surface area contributed by atoms with Gasteiger partial charge in [-0.2, -0.15) is 0 Å². The Morgan fingerprint density at radius 1 is 1.67 bits per heavy atom. The molecule has 4 heteroatoms. The second kappa shape index (κ2) is 6.09. The van der Waals surface area contributed by atoms with Gasteiger partial charge in [0.2, 0.25) is 5.24 Å². The van der Waals surface area contributed by atoms with Crippen molar-refractivity contribution in [2.75, 3.05) is 0 Å². The SMILES string of the molecule is C[C@H](Cl)/C=C\C=C(\O)CC(=O)Cl. The van der Waals surface area contributed by atoms with Crippen molar-refractivity contribution in [3.63, 3.8) is 0 Å². The molecule has 0 aromatic rings. The average Bonchev–Trinajstić information content (AvgIpc) is 1.84. The van der Waals surface area contributed by atoms with Crippen LogP contribution in [0.5, 0.6) is 0 Å². The molecule has 0 fully saturated rings. The number of alkyl halides is 1. The first kappa shape index (κ1) is 11.5. The van der Waals surface area contributed by atoms with E-state index in [0.29, 0.717) is 0 Å². The van der Waals surface area contributed by atoms with Crippen LogP contribution in [0, 0.1) is 0 Å². The van der Waals surface area contributed by atoms with Crippen molar-refractivity contribution < 1.29 is 9.90 Å². The largest absolute Gasteiger partial charge is 0.512 e. The van der Waals surface area contributed by atoms with Gasteiger partial charge in [0, 0.05) is 5.38 Å². The van der Waals surface area contributed by atoms with E-state index >= 15 is 0 Å². The van der Waals surface area contributed by atoms with Gasteiger partial charge in [-0.25, -0.2) is 0 Å². The fraction of sp³-hybridized carbons (Fsp3) is 0.375. The fourth-order valence-electron chi connectivity index (χ4n) is 0.521. The van der Waals surface area contributed by atoms with Crippen molar-refractivity contribution in [1.29, 1.82) is 0 Å². The summed E-state index contributed by atoms with van der Waals surface area (Å²) in [7, 11) is 0. The Bertz CT molecular complexity index is 207. The highest BCUT2D eigenvalue weighted by molar-refractivity contribution is 6.63. The van der Waals surface area contributed by atoms with Crippen molar-refractivity contribution in [3.05, 3.63) is 24.0 Å². The van der Waals surface area contributed by atoms with Crippen LogP contribution in [0.2, 0.25) is 0 Å². The maximum Gasteiger partial charge on any atom is 0.229 e. The minimum atomic E-state index is -0.587. The Morgan fingerprint density at radius 2 is 2.25 bits per heavy atom. The predicted octanol–water partition coefficient (Wildman–Crippen LogP) is 2.77. The maximum absolute atomic E-state index is 10.3. The van der Waals surface area contributed by atoms with E-state index in [0.717, 1.165) is 0 Å². The summed E-state index contributed by atoms with van der Waals surface area (Å²) in [4.78, 5) is 10.3. The van der Waals surface area contributed by atoms with Gasteiger partial charge in [-0.05, 0) is 24.6 Å². The summed E-state index contributed by atoms with van der Waals surface area (Å²) in [5, 5.41) is 8.31. The summed E-state index contributed by atoms with van der Waals surface area (Å²) in [5.74, 6) is -0.0661. The number of aliphatic hydroxyl groups is 1. The van der Waals surface area contributed by atoms with Gasteiger partial charge < -0.3 is 5.11 Å². The van der Waals surface area contributed by atoms with Gasteiger partial charge >= 0.3 is 0 Å². The topological polar surface area (TPSA) is 37.3 Å². The van der Waals surface area contributed by atoms with Gasteiger partial charge in [0.15, 0.2) is 0 Å². The number of allylic oxidation sites excluding steroid dienone is 4. The van der Waals surface area contributed by atoms with Crippen LogP contribution in [0.25, 0.3) is 0 Å². The van der Waals surface area contributed by atoms with Crippen molar-refractivity contribution in [2.45, 2.75) is 18.7 Å². The second-order valence-corrected chi connectivity index (χ2v) is 3.36. The molecule has 2 nitrogen and oxygen atoms in total. The molecule has 0 spiro atoms. The molecule has 68 valence electrons. The molecule has 0 radical (unpaired) electrons. The highest BCUT2D eigenvalue weighted by atomic mass is 35.5. The first-order valence-corrected chi connectivity index (χ1v) is 4.22. The lowest BCUT2D eigenvalue weighted by molar-refractivity contribution is -0.111. The van der Waals surface area contributed by atoms with E-state index < -0.39 is 5.24 Å². The third-order valence-electron chi connectivity index (χ3n) is 0.985. The summed E-state index contributed by atoms with van der Waals surface area (Å²) in [6.07, 6.45) is 4.49. The number of halogens is 2. The third kappa shape index (κ3) is 7.63. The lowest BCUT2D eigenvalue weighted by atomic mass is 10.3. The van der Waals surface area contributed by atoms with Crippen LogP contribution in [-0.2, 0) is 4.79 Å². The monoisotopic (exact) mass is 208 g/mol. The Balaban J connectivity index is 3.92. The molecular formula is C8H10Cl2O2. The molecule has 0 heterocycles. The van der Waals surface area contributed by atoms with Crippen molar-refractivity contribution in [2.24, 2.45) is 0 Å². The first-order chi connectivity index (χ1) is 5.52. The third-order valence-corrected chi connectivity index (χ3v) is 1.26. The molecule has 12 heavy (non-hydrogen) atoms. The second-order valence-electron chi connectivity index (χ2n) is 2.25. The number of carbonyl (C=O) groups is 1. The molecule has 0 unspecified atom stereocenters. The zero-order valence-electron chi connectivity index (χ0n) is 6.63. The van der Waals surface area contributed by atoms with Crippen LogP contribution in [0.15, 0.2) is 24.0 Å². The van der Waals surface area contributed by atoms with Crippen LogP contribution in [0.3, 0.4) is 0 Å². The zero-order valence-corrected chi connectivity index (χ0v) is 8.14. The van der Waals surface area contributed by atoms with E-state index in [1.165, 1.54) is 6.08 Å². The highest BCUT2D eigenvalue weighted by Crippen LogP contribution is 2.01. The summed E-state index contributed by atoms with van der Waals surface area (Å²) in [6, 6.07) is 0. The van der Waals surface area contributed by atoms with Gasteiger partial charge in [-0.3, -0.25) is 4.79 Å². The summed E-state index contributed by atoms with van der Waals surface area (Å²) in [6.45, 7) is 1.79. The lowest BCUT2D eigenvalue weighted by Crippen LogP contribution is -1.89. The quantitative estimate of drug-likeness (QED) is 0.334. The zero-order chi connectivity index (χ0) is 9.56. The molecule has 0 rings (SSSR count). The van der Waals surface area contributed by atoms with Gasteiger partial charge in [0.1, 0.15) is 5.76 Å². The van der Waals surface area contributed by atoms with Crippen molar-refractivity contribution in [3.8, 4) is 0 Å². The summed E-state index contributed by atoms with van der Waals surface area (Å²) >= 11 is 10.6. The van der Waals surface area contributed by atoms with Crippen molar-refractivity contribution >= 4 is 28.4 Å². The van der Waals surface area contributed by atoms with E-state index in [4.69, 9.17) is 28.3 Å². The number of hydrogen-bond donors (Lipinski definition) is 1. The number of hydrogen-bond acceptors (Lipinski definition) is 2. The summed E-state index contributed by atoms with van der Waals surface area (Å²) in [5.41, 5.74) is 0. The van der Waals surface area contributed by atoms with Crippen LogP contribution in [0.4, 0.5) is 0 Å². The minimum Gasteiger partial charge on any atom is -0.512 e. The smallest absolute Gasteiger partial charge is 0.229 e. The van der Waals surface area contributed by atoms with E-state index in [1.807, 2.05) is 0 Å². The Hall–Kier alpha value is -0.470.